The Kier molecular flexibility index (Phi) is 4.00. The summed E-state index contributed by atoms with van der Waals surface area (Å²) in [5.74, 6) is 1.80. The highest BCUT2D eigenvalue weighted by Crippen LogP contribution is 2.44. The molecule has 2 N–H and O–H groups in total. The molecule has 3 nitrogen and oxygen atoms in total. The third-order valence-electron chi connectivity index (χ3n) is 4.73. The highest BCUT2D eigenvalue weighted by molar-refractivity contribution is 7.80. The molecule has 4 atom stereocenters. The van der Waals surface area contributed by atoms with Crippen LogP contribution in [0.3, 0.4) is 0 Å². The number of nitrogens with one attached hydrogen (secondary N) is 2. The first-order valence-electron chi connectivity index (χ1n) is 7.54. The Morgan fingerprint density at radius 2 is 2.15 bits per heavy atom. The molecule has 3 rings (SSSR count). The van der Waals surface area contributed by atoms with Crippen molar-refractivity contribution in [3.05, 3.63) is 15.6 Å². The molecule has 110 valence electrons. The maximum Gasteiger partial charge on any atom is 0.167 e. The van der Waals surface area contributed by atoms with Crippen LogP contribution in [0.25, 0.3) is 0 Å². The number of thiocarbonyl (C=S) groups is 1. The van der Waals surface area contributed by atoms with Gasteiger partial charge in [-0.05, 0) is 64.1 Å². The molecule has 2 aliphatic rings. The Balaban J connectivity index is 1.55. The van der Waals surface area contributed by atoms with Gasteiger partial charge in [0, 0.05) is 10.9 Å². The third-order valence-corrected chi connectivity index (χ3v) is 6.23. The van der Waals surface area contributed by atoms with Crippen molar-refractivity contribution in [2.24, 2.45) is 11.8 Å². The highest BCUT2D eigenvalue weighted by atomic mass is 32.1. The first-order valence-corrected chi connectivity index (χ1v) is 8.76. The minimum atomic E-state index is 0.236. The number of fused-ring (bicyclic) bond motifs is 2. The smallest absolute Gasteiger partial charge is 0.167 e. The molecule has 0 aromatic carbocycles. The van der Waals surface area contributed by atoms with Gasteiger partial charge < -0.3 is 10.6 Å². The number of nitrogens with zero attached hydrogens (tertiary/aromatic N) is 1. The van der Waals surface area contributed by atoms with Crippen LogP contribution < -0.4 is 10.6 Å². The average Bonchev–Trinajstić information content (AvgIpc) is 3.04. The molecule has 1 aromatic heterocycles. The molecule has 2 bridgehead atoms. The van der Waals surface area contributed by atoms with Gasteiger partial charge in [-0.1, -0.05) is 6.42 Å². The average molecular weight is 310 g/mol. The quantitative estimate of drug-likeness (QED) is 0.838. The summed E-state index contributed by atoms with van der Waals surface area (Å²) in [5.41, 5.74) is 1.12. The van der Waals surface area contributed by atoms with E-state index in [0.29, 0.717) is 6.04 Å². The van der Waals surface area contributed by atoms with Gasteiger partial charge in [-0.3, -0.25) is 0 Å². The van der Waals surface area contributed by atoms with Crippen LogP contribution in [0.4, 0.5) is 0 Å². The number of aryl methyl sites for hydroxylation is 2. The van der Waals surface area contributed by atoms with Gasteiger partial charge in [-0.25, -0.2) is 4.98 Å². The molecule has 0 radical (unpaired) electrons. The van der Waals surface area contributed by atoms with Crippen molar-refractivity contribution in [2.45, 2.75) is 58.5 Å². The number of aromatic nitrogens is 1. The first kappa shape index (κ1) is 14.3. The van der Waals surface area contributed by atoms with Gasteiger partial charge in [0.05, 0.1) is 16.7 Å². The Morgan fingerprint density at radius 1 is 1.35 bits per heavy atom. The van der Waals surface area contributed by atoms with Crippen molar-refractivity contribution in [1.82, 2.24) is 15.6 Å². The van der Waals surface area contributed by atoms with Gasteiger partial charge in [0.2, 0.25) is 0 Å². The molecular formula is C15H23N3S2. The molecule has 0 amide bonds. The second-order valence-electron chi connectivity index (χ2n) is 6.30. The molecule has 1 heterocycles. The van der Waals surface area contributed by atoms with E-state index < -0.39 is 0 Å². The van der Waals surface area contributed by atoms with Crippen molar-refractivity contribution in [3.63, 3.8) is 0 Å². The van der Waals surface area contributed by atoms with Crippen molar-refractivity contribution in [2.75, 3.05) is 0 Å². The van der Waals surface area contributed by atoms with E-state index >= 15 is 0 Å². The summed E-state index contributed by atoms with van der Waals surface area (Å²) in [5, 5.41) is 8.90. The van der Waals surface area contributed by atoms with E-state index in [1.165, 1.54) is 30.6 Å². The van der Waals surface area contributed by atoms with Crippen LogP contribution in [0.1, 0.15) is 54.2 Å². The lowest BCUT2D eigenvalue weighted by molar-refractivity contribution is 0.388. The van der Waals surface area contributed by atoms with Crippen LogP contribution in [0.5, 0.6) is 0 Å². The summed E-state index contributed by atoms with van der Waals surface area (Å²) in [6.07, 6.45) is 5.52. The van der Waals surface area contributed by atoms with E-state index in [4.69, 9.17) is 12.2 Å². The molecule has 0 saturated heterocycles. The largest absolute Gasteiger partial charge is 0.360 e. The summed E-state index contributed by atoms with van der Waals surface area (Å²) in [6.45, 7) is 6.29. The number of hydrogen-bond donors (Lipinski definition) is 2. The molecule has 20 heavy (non-hydrogen) atoms. The van der Waals surface area contributed by atoms with Crippen LogP contribution >= 0.6 is 23.6 Å². The Hall–Kier alpha value is -0.680. The van der Waals surface area contributed by atoms with Crippen LogP contribution in [-0.4, -0.2) is 16.1 Å². The highest BCUT2D eigenvalue weighted by Gasteiger charge is 2.39. The standard InChI is InChI=1S/C15H23N3S2/c1-8-14(20-10(3)16-8)9(2)17-15(19)18-13-7-11-4-5-12(13)6-11/h9,11-13H,4-7H2,1-3H3,(H2,17,18,19)/t9-,11-,12-,13+/m0/s1. The molecule has 0 aliphatic heterocycles. The summed E-state index contributed by atoms with van der Waals surface area (Å²) >= 11 is 7.25. The molecule has 5 heteroatoms. The molecule has 0 unspecified atom stereocenters. The first-order chi connectivity index (χ1) is 9.52. The fourth-order valence-electron chi connectivity index (χ4n) is 3.84. The number of thiazole rings is 1. The van der Waals surface area contributed by atoms with E-state index in [-0.39, 0.29) is 6.04 Å². The lowest BCUT2D eigenvalue weighted by Crippen LogP contribution is -2.44. The fraction of sp³-hybridized carbons (Fsp3) is 0.733. The molecule has 2 aliphatic carbocycles. The molecular weight excluding hydrogens is 286 g/mol. The second-order valence-corrected chi connectivity index (χ2v) is 7.95. The minimum absolute atomic E-state index is 0.236. The number of rotatable bonds is 3. The zero-order valence-electron chi connectivity index (χ0n) is 12.4. The molecule has 2 saturated carbocycles. The van der Waals surface area contributed by atoms with Gasteiger partial charge in [0.1, 0.15) is 0 Å². The second kappa shape index (κ2) is 5.60. The van der Waals surface area contributed by atoms with E-state index in [2.05, 4.69) is 36.4 Å². The normalized spacial score (nSPS) is 29.4. The lowest BCUT2D eigenvalue weighted by Gasteiger charge is -2.26. The van der Waals surface area contributed by atoms with Crippen molar-refractivity contribution in [1.29, 1.82) is 0 Å². The Bertz CT molecular complexity index is 511. The van der Waals surface area contributed by atoms with Crippen LogP contribution in [0, 0.1) is 25.7 Å². The van der Waals surface area contributed by atoms with Crippen LogP contribution in [0.15, 0.2) is 0 Å². The predicted octanol–water partition coefficient (Wildman–Crippen LogP) is 3.47. The monoisotopic (exact) mass is 309 g/mol. The summed E-state index contributed by atoms with van der Waals surface area (Å²) in [4.78, 5) is 5.78. The van der Waals surface area contributed by atoms with E-state index in [0.717, 1.165) is 27.6 Å². The van der Waals surface area contributed by atoms with E-state index in [1.54, 1.807) is 11.3 Å². The maximum absolute atomic E-state index is 5.49. The minimum Gasteiger partial charge on any atom is -0.360 e. The van der Waals surface area contributed by atoms with Gasteiger partial charge in [0.25, 0.3) is 0 Å². The van der Waals surface area contributed by atoms with Gasteiger partial charge in [0.15, 0.2) is 5.11 Å². The third kappa shape index (κ3) is 2.84. The van der Waals surface area contributed by atoms with Crippen LogP contribution in [-0.2, 0) is 0 Å². The summed E-state index contributed by atoms with van der Waals surface area (Å²) in [7, 11) is 0. The fourth-order valence-corrected chi connectivity index (χ4v) is 5.10. The van der Waals surface area contributed by atoms with Gasteiger partial charge in [-0.2, -0.15) is 0 Å². The SMILES string of the molecule is Cc1nc(C)c([C@H](C)NC(=S)N[C@@H]2C[C@H]3CC[C@H]2C3)s1. The summed E-state index contributed by atoms with van der Waals surface area (Å²) in [6, 6.07) is 0.838. The summed E-state index contributed by atoms with van der Waals surface area (Å²) < 4.78 is 0. The van der Waals surface area contributed by atoms with Crippen molar-refractivity contribution in [3.8, 4) is 0 Å². The molecule has 0 spiro atoms. The Morgan fingerprint density at radius 3 is 2.70 bits per heavy atom. The predicted molar refractivity (Wildman–Crippen MR) is 88.1 cm³/mol. The van der Waals surface area contributed by atoms with Gasteiger partial charge >= 0.3 is 0 Å². The lowest BCUT2D eigenvalue weighted by atomic mass is 9.95. The van der Waals surface area contributed by atoms with E-state index in [9.17, 15) is 0 Å². The van der Waals surface area contributed by atoms with E-state index in [1.807, 2.05) is 0 Å². The molecule has 2 fully saturated rings. The van der Waals surface area contributed by atoms with Crippen molar-refractivity contribution < 1.29 is 0 Å². The molecule has 1 aromatic rings. The number of hydrogen-bond acceptors (Lipinski definition) is 3. The maximum atomic E-state index is 5.49. The zero-order chi connectivity index (χ0) is 14.3. The van der Waals surface area contributed by atoms with Crippen molar-refractivity contribution >= 4 is 28.7 Å². The van der Waals surface area contributed by atoms with Gasteiger partial charge in [-0.15, -0.1) is 11.3 Å². The topological polar surface area (TPSA) is 37.0 Å². The Labute approximate surface area is 130 Å². The van der Waals surface area contributed by atoms with Crippen LogP contribution in [0.2, 0.25) is 0 Å². The zero-order valence-corrected chi connectivity index (χ0v) is 14.0.